The highest BCUT2D eigenvalue weighted by molar-refractivity contribution is 6.29. The zero-order chi connectivity index (χ0) is 16.8. The van der Waals surface area contributed by atoms with Gasteiger partial charge < -0.3 is 5.32 Å². The minimum Gasteiger partial charge on any atom is -0.350 e. The zero-order valence-corrected chi connectivity index (χ0v) is 13.7. The highest BCUT2D eigenvalue weighted by Crippen LogP contribution is 2.19. The van der Waals surface area contributed by atoms with Gasteiger partial charge in [0, 0.05) is 6.54 Å². The monoisotopic (exact) mass is 337 g/mol. The van der Waals surface area contributed by atoms with Gasteiger partial charge in [-0.25, -0.2) is 0 Å². The first-order chi connectivity index (χ1) is 11.7. The molecule has 3 aromatic rings. The zero-order valence-electron chi connectivity index (χ0n) is 12.9. The summed E-state index contributed by atoms with van der Waals surface area (Å²) in [6.07, 6.45) is 0.752. The molecule has 0 unspecified atom stereocenters. The summed E-state index contributed by atoms with van der Waals surface area (Å²) in [5, 5.41) is 10.5. The van der Waals surface area contributed by atoms with Crippen molar-refractivity contribution >= 4 is 17.5 Å². The van der Waals surface area contributed by atoms with Crippen LogP contribution >= 0.6 is 11.6 Å². The van der Waals surface area contributed by atoms with Gasteiger partial charge in [-0.2, -0.15) is 0 Å². The van der Waals surface area contributed by atoms with Gasteiger partial charge in [-0.1, -0.05) is 66.2 Å². The summed E-state index contributed by atoms with van der Waals surface area (Å²) in [6.45, 7) is 0.536. The van der Waals surface area contributed by atoms with Gasteiger partial charge in [0.25, 0.3) is 5.91 Å². The Morgan fingerprint density at radius 1 is 0.875 bits per heavy atom. The summed E-state index contributed by atoms with van der Waals surface area (Å²) in [5.74, 6) is -0.250. The van der Waals surface area contributed by atoms with Crippen molar-refractivity contribution < 1.29 is 4.79 Å². The van der Waals surface area contributed by atoms with Crippen LogP contribution in [-0.2, 0) is 6.42 Å². The summed E-state index contributed by atoms with van der Waals surface area (Å²) in [6, 6.07) is 21.7. The molecule has 0 aliphatic heterocycles. The molecule has 0 spiro atoms. The van der Waals surface area contributed by atoms with Gasteiger partial charge in [-0.3, -0.25) is 4.79 Å². The summed E-state index contributed by atoms with van der Waals surface area (Å²) >= 11 is 5.65. The van der Waals surface area contributed by atoms with Crippen molar-refractivity contribution in [2.45, 2.75) is 6.42 Å². The van der Waals surface area contributed by atoms with Gasteiger partial charge in [0.15, 0.2) is 10.8 Å². The normalized spacial score (nSPS) is 10.4. The smallest absolute Gasteiger partial charge is 0.271 e. The number of rotatable bonds is 5. The Hall–Kier alpha value is -2.72. The van der Waals surface area contributed by atoms with E-state index in [0.29, 0.717) is 6.54 Å². The van der Waals surface area contributed by atoms with Crippen molar-refractivity contribution in [3.05, 3.63) is 83.1 Å². The lowest BCUT2D eigenvalue weighted by molar-refractivity contribution is 0.0948. The molecule has 0 atom stereocenters. The molecule has 0 saturated heterocycles. The van der Waals surface area contributed by atoms with Gasteiger partial charge >= 0.3 is 0 Å². The van der Waals surface area contributed by atoms with Crippen LogP contribution in [0.5, 0.6) is 0 Å². The van der Waals surface area contributed by atoms with Crippen LogP contribution in [0.3, 0.4) is 0 Å². The van der Waals surface area contributed by atoms with Crippen molar-refractivity contribution in [3.8, 4) is 11.1 Å². The molecule has 0 aliphatic rings. The van der Waals surface area contributed by atoms with E-state index in [9.17, 15) is 4.79 Å². The number of hydrogen-bond acceptors (Lipinski definition) is 3. The van der Waals surface area contributed by atoms with E-state index < -0.39 is 0 Å². The fourth-order valence-electron chi connectivity index (χ4n) is 2.34. The van der Waals surface area contributed by atoms with E-state index in [1.54, 1.807) is 12.1 Å². The van der Waals surface area contributed by atoms with Gasteiger partial charge in [0.1, 0.15) is 0 Å². The van der Waals surface area contributed by atoms with Crippen LogP contribution in [0.25, 0.3) is 11.1 Å². The molecule has 0 bridgehead atoms. The van der Waals surface area contributed by atoms with Crippen LogP contribution in [0.4, 0.5) is 0 Å². The molecule has 120 valence electrons. The van der Waals surface area contributed by atoms with Crippen molar-refractivity contribution in [2.75, 3.05) is 6.54 Å². The van der Waals surface area contributed by atoms with Crippen molar-refractivity contribution in [3.63, 3.8) is 0 Å². The second-order valence-corrected chi connectivity index (χ2v) is 5.70. The Balaban J connectivity index is 1.53. The first kappa shape index (κ1) is 16.1. The summed E-state index contributed by atoms with van der Waals surface area (Å²) in [5.41, 5.74) is 3.80. The third-order valence-electron chi connectivity index (χ3n) is 3.62. The van der Waals surface area contributed by atoms with Crippen molar-refractivity contribution in [1.82, 2.24) is 15.5 Å². The maximum absolute atomic E-state index is 11.9. The molecular weight excluding hydrogens is 322 g/mol. The molecule has 3 rings (SSSR count). The van der Waals surface area contributed by atoms with Crippen LogP contribution < -0.4 is 5.32 Å². The van der Waals surface area contributed by atoms with Crippen molar-refractivity contribution in [1.29, 1.82) is 0 Å². The molecule has 1 amide bonds. The molecular formula is C19H16ClN3O. The number of amides is 1. The second-order valence-electron chi connectivity index (χ2n) is 5.31. The van der Waals surface area contributed by atoms with Crippen LogP contribution in [0.15, 0.2) is 66.7 Å². The third kappa shape index (κ3) is 4.18. The number of aromatic nitrogens is 2. The first-order valence-electron chi connectivity index (χ1n) is 7.64. The maximum atomic E-state index is 11.9. The minimum absolute atomic E-state index is 0.250. The molecule has 1 N–H and O–H groups in total. The second kappa shape index (κ2) is 7.70. The Kier molecular flexibility index (Phi) is 5.18. The maximum Gasteiger partial charge on any atom is 0.271 e. The summed E-state index contributed by atoms with van der Waals surface area (Å²) in [7, 11) is 0. The largest absolute Gasteiger partial charge is 0.350 e. The average Bonchev–Trinajstić information content (AvgIpc) is 2.63. The fraction of sp³-hybridized carbons (Fsp3) is 0.105. The standard InChI is InChI=1S/C19H16ClN3O/c20-18-11-10-17(22-23-18)19(24)21-13-12-14-6-8-16(9-7-14)15-4-2-1-3-5-15/h1-11H,12-13H2,(H,21,24). The van der Waals surface area contributed by atoms with Gasteiger partial charge in [0.2, 0.25) is 0 Å². The number of nitrogens with zero attached hydrogens (tertiary/aromatic N) is 2. The number of halogens is 1. The summed E-state index contributed by atoms with van der Waals surface area (Å²) < 4.78 is 0. The Bertz CT molecular complexity index is 802. The molecule has 2 aromatic carbocycles. The molecule has 5 heteroatoms. The van der Waals surface area contributed by atoms with Crippen molar-refractivity contribution in [2.24, 2.45) is 0 Å². The topological polar surface area (TPSA) is 54.9 Å². The Morgan fingerprint density at radius 3 is 2.25 bits per heavy atom. The fourth-order valence-corrected chi connectivity index (χ4v) is 2.44. The SMILES string of the molecule is O=C(NCCc1ccc(-c2ccccc2)cc1)c1ccc(Cl)nn1. The summed E-state index contributed by atoms with van der Waals surface area (Å²) in [4.78, 5) is 11.9. The Labute approximate surface area is 145 Å². The highest BCUT2D eigenvalue weighted by atomic mass is 35.5. The van der Waals surface area contributed by atoms with E-state index in [-0.39, 0.29) is 16.8 Å². The van der Waals surface area contributed by atoms with E-state index >= 15 is 0 Å². The molecule has 0 aliphatic carbocycles. The molecule has 1 aromatic heterocycles. The lowest BCUT2D eigenvalue weighted by Crippen LogP contribution is -2.26. The number of nitrogens with one attached hydrogen (secondary N) is 1. The third-order valence-corrected chi connectivity index (χ3v) is 3.83. The number of benzene rings is 2. The van der Waals surface area contributed by atoms with Crippen LogP contribution in [0.2, 0.25) is 5.15 Å². The molecule has 0 saturated carbocycles. The molecule has 1 heterocycles. The predicted molar refractivity (Wildman–Crippen MR) is 95.0 cm³/mol. The first-order valence-corrected chi connectivity index (χ1v) is 8.02. The molecule has 0 fully saturated rings. The van der Waals surface area contributed by atoms with Gasteiger partial charge in [0.05, 0.1) is 0 Å². The highest BCUT2D eigenvalue weighted by Gasteiger charge is 2.07. The van der Waals surface area contributed by atoms with E-state index in [1.165, 1.54) is 11.1 Å². The molecule has 24 heavy (non-hydrogen) atoms. The van der Waals surface area contributed by atoms with Gasteiger partial charge in [-0.05, 0) is 35.2 Å². The lowest BCUT2D eigenvalue weighted by Gasteiger charge is -2.06. The molecule has 0 radical (unpaired) electrons. The van der Waals surface area contributed by atoms with Crippen LogP contribution in [-0.4, -0.2) is 22.6 Å². The van der Waals surface area contributed by atoms with E-state index in [4.69, 9.17) is 11.6 Å². The van der Waals surface area contributed by atoms with Crippen LogP contribution in [0.1, 0.15) is 16.1 Å². The number of hydrogen-bond donors (Lipinski definition) is 1. The quantitative estimate of drug-likeness (QED) is 0.771. The molecule has 4 nitrogen and oxygen atoms in total. The Morgan fingerprint density at radius 2 is 1.58 bits per heavy atom. The van der Waals surface area contributed by atoms with E-state index in [1.807, 2.05) is 18.2 Å². The average molecular weight is 338 g/mol. The number of carbonyl (C=O) groups is 1. The van der Waals surface area contributed by atoms with E-state index in [0.717, 1.165) is 12.0 Å². The minimum atomic E-state index is -0.250. The number of carbonyl (C=O) groups excluding carboxylic acids is 1. The lowest BCUT2D eigenvalue weighted by atomic mass is 10.0. The van der Waals surface area contributed by atoms with Gasteiger partial charge in [-0.15, -0.1) is 10.2 Å². The van der Waals surface area contributed by atoms with Crippen LogP contribution in [0, 0.1) is 0 Å². The van der Waals surface area contributed by atoms with E-state index in [2.05, 4.69) is 51.9 Å². The predicted octanol–water partition coefficient (Wildman–Crippen LogP) is 3.77.